The van der Waals surface area contributed by atoms with Gasteiger partial charge in [-0.3, -0.25) is 4.79 Å². The Balaban J connectivity index is 3.89. The van der Waals surface area contributed by atoms with Crippen molar-refractivity contribution >= 4 is 5.97 Å². The highest BCUT2D eigenvalue weighted by molar-refractivity contribution is 5.72. The number of hydrogen-bond donors (Lipinski definition) is 0. The average molecular weight is 258 g/mol. The molecule has 0 rings (SSSR count). The van der Waals surface area contributed by atoms with E-state index in [1.807, 2.05) is 6.92 Å². The summed E-state index contributed by atoms with van der Waals surface area (Å²) in [5, 5.41) is 0. The van der Waals surface area contributed by atoms with Gasteiger partial charge in [0.1, 0.15) is 6.61 Å². The first-order valence-corrected chi connectivity index (χ1v) is 7.50. The lowest BCUT2D eigenvalue weighted by Gasteiger charge is -2.15. The average Bonchev–Trinajstić information content (AvgIpc) is 2.38. The van der Waals surface area contributed by atoms with Crippen molar-refractivity contribution in [2.75, 3.05) is 19.8 Å². The fraction of sp³-hybridized carbons (Fsp3) is 0.933. The molecule has 0 bridgehead atoms. The third-order valence-corrected chi connectivity index (χ3v) is 3.07. The minimum atomic E-state index is -0.0285. The largest absolute Gasteiger partial charge is 0.463 e. The number of hydrogen-bond acceptors (Lipinski definition) is 3. The maximum atomic E-state index is 11.9. The van der Waals surface area contributed by atoms with Gasteiger partial charge in [0.2, 0.25) is 0 Å². The second-order valence-electron chi connectivity index (χ2n) is 4.70. The van der Waals surface area contributed by atoms with Crippen LogP contribution in [0, 0.1) is 5.92 Å². The maximum Gasteiger partial charge on any atom is 0.309 e. The fourth-order valence-electron chi connectivity index (χ4n) is 1.93. The van der Waals surface area contributed by atoms with Gasteiger partial charge in [-0.2, -0.15) is 0 Å². The maximum absolute atomic E-state index is 11.9. The van der Waals surface area contributed by atoms with E-state index >= 15 is 0 Å². The number of esters is 1. The summed E-state index contributed by atoms with van der Waals surface area (Å²) in [5.74, 6) is 0.0670. The number of rotatable bonds is 12. The Morgan fingerprint density at radius 2 is 1.61 bits per heavy atom. The van der Waals surface area contributed by atoms with Gasteiger partial charge in [0.15, 0.2) is 0 Å². The number of carbonyl (C=O) groups is 1. The third-order valence-electron chi connectivity index (χ3n) is 3.07. The molecular formula is C15H30O3. The lowest BCUT2D eigenvalue weighted by molar-refractivity contribution is -0.150. The Kier molecular flexibility index (Phi) is 12.5. The van der Waals surface area contributed by atoms with Crippen molar-refractivity contribution in [1.82, 2.24) is 0 Å². The standard InChI is InChI=1S/C15H30O3/c1-4-7-9-11-14(10-8-5-2)15(16)18-13-12-17-6-3/h14H,4-13H2,1-3H3. The van der Waals surface area contributed by atoms with Gasteiger partial charge in [-0.1, -0.05) is 46.0 Å². The molecule has 0 N–H and O–H groups in total. The van der Waals surface area contributed by atoms with Crippen molar-refractivity contribution in [2.45, 2.75) is 65.7 Å². The van der Waals surface area contributed by atoms with Crippen LogP contribution in [0.1, 0.15) is 65.7 Å². The third kappa shape index (κ3) is 9.46. The quantitative estimate of drug-likeness (QED) is 0.393. The number of carbonyl (C=O) groups excluding carboxylic acids is 1. The summed E-state index contributed by atoms with van der Waals surface area (Å²) >= 11 is 0. The van der Waals surface area contributed by atoms with E-state index in [1.54, 1.807) is 0 Å². The Morgan fingerprint density at radius 1 is 0.944 bits per heavy atom. The molecule has 108 valence electrons. The van der Waals surface area contributed by atoms with Gasteiger partial charge in [0, 0.05) is 6.61 Å². The zero-order chi connectivity index (χ0) is 13.6. The predicted octanol–water partition coefficient (Wildman–Crippen LogP) is 3.95. The second-order valence-corrected chi connectivity index (χ2v) is 4.70. The Hall–Kier alpha value is -0.570. The molecule has 1 atom stereocenters. The van der Waals surface area contributed by atoms with Crippen molar-refractivity contribution in [3.05, 3.63) is 0 Å². The zero-order valence-electron chi connectivity index (χ0n) is 12.4. The molecule has 0 heterocycles. The van der Waals surface area contributed by atoms with E-state index in [9.17, 15) is 4.79 Å². The molecule has 3 nitrogen and oxygen atoms in total. The van der Waals surface area contributed by atoms with Crippen LogP contribution in [0.25, 0.3) is 0 Å². The van der Waals surface area contributed by atoms with Crippen LogP contribution in [-0.4, -0.2) is 25.8 Å². The van der Waals surface area contributed by atoms with Crippen LogP contribution in [0.3, 0.4) is 0 Å². The van der Waals surface area contributed by atoms with Gasteiger partial charge in [-0.05, 0) is 19.8 Å². The molecule has 3 heteroatoms. The molecule has 0 spiro atoms. The van der Waals surface area contributed by atoms with E-state index in [2.05, 4.69) is 13.8 Å². The first-order chi connectivity index (χ1) is 8.76. The summed E-state index contributed by atoms with van der Waals surface area (Å²) in [4.78, 5) is 11.9. The van der Waals surface area contributed by atoms with Crippen LogP contribution < -0.4 is 0 Å². The molecule has 0 aliphatic rings. The highest BCUT2D eigenvalue weighted by Crippen LogP contribution is 2.18. The summed E-state index contributed by atoms with van der Waals surface area (Å²) in [7, 11) is 0. The lowest BCUT2D eigenvalue weighted by Crippen LogP contribution is -2.20. The zero-order valence-corrected chi connectivity index (χ0v) is 12.4. The molecule has 0 aromatic heterocycles. The Bertz CT molecular complexity index is 192. The topological polar surface area (TPSA) is 35.5 Å². The minimum Gasteiger partial charge on any atom is -0.463 e. The molecule has 0 radical (unpaired) electrons. The molecule has 0 fully saturated rings. The molecule has 1 unspecified atom stereocenters. The van der Waals surface area contributed by atoms with Gasteiger partial charge in [0.25, 0.3) is 0 Å². The van der Waals surface area contributed by atoms with Crippen molar-refractivity contribution in [3.63, 3.8) is 0 Å². The molecule has 0 amide bonds. The molecule has 0 aliphatic carbocycles. The van der Waals surface area contributed by atoms with Crippen molar-refractivity contribution in [1.29, 1.82) is 0 Å². The van der Waals surface area contributed by atoms with E-state index in [0.717, 1.165) is 32.1 Å². The van der Waals surface area contributed by atoms with Gasteiger partial charge in [-0.25, -0.2) is 0 Å². The first kappa shape index (κ1) is 17.4. The van der Waals surface area contributed by atoms with E-state index in [-0.39, 0.29) is 11.9 Å². The molecular weight excluding hydrogens is 228 g/mol. The van der Waals surface area contributed by atoms with Crippen LogP contribution in [0.15, 0.2) is 0 Å². The predicted molar refractivity (Wildman–Crippen MR) is 74.6 cm³/mol. The summed E-state index contributed by atoms with van der Waals surface area (Å²) in [6, 6.07) is 0. The van der Waals surface area contributed by atoms with Crippen LogP contribution >= 0.6 is 0 Å². The molecule has 0 saturated carbocycles. The van der Waals surface area contributed by atoms with Crippen LogP contribution in [0.5, 0.6) is 0 Å². The molecule has 0 aromatic rings. The number of ether oxygens (including phenoxy) is 2. The van der Waals surface area contributed by atoms with E-state index < -0.39 is 0 Å². The van der Waals surface area contributed by atoms with Gasteiger partial charge in [-0.15, -0.1) is 0 Å². The first-order valence-electron chi connectivity index (χ1n) is 7.50. The van der Waals surface area contributed by atoms with Crippen molar-refractivity contribution in [2.24, 2.45) is 5.92 Å². The summed E-state index contributed by atoms with van der Waals surface area (Å²) in [6.45, 7) is 7.86. The molecule has 0 saturated heterocycles. The Labute approximate surface area is 112 Å². The number of unbranched alkanes of at least 4 members (excludes halogenated alkanes) is 3. The van der Waals surface area contributed by atoms with Gasteiger partial charge < -0.3 is 9.47 Å². The molecule has 0 aromatic carbocycles. The fourth-order valence-corrected chi connectivity index (χ4v) is 1.93. The van der Waals surface area contributed by atoms with Crippen molar-refractivity contribution < 1.29 is 14.3 Å². The van der Waals surface area contributed by atoms with Crippen molar-refractivity contribution in [3.8, 4) is 0 Å². The van der Waals surface area contributed by atoms with E-state index in [0.29, 0.717) is 19.8 Å². The van der Waals surface area contributed by atoms with Gasteiger partial charge >= 0.3 is 5.97 Å². The smallest absolute Gasteiger partial charge is 0.309 e. The normalized spacial score (nSPS) is 12.4. The monoisotopic (exact) mass is 258 g/mol. The van der Waals surface area contributed by atoms with Crippen LogP contribution in [0.4, 0.5) is 0 Å². The van der Waals surface area contributed by atoms with Gasteiger partial charge in [0.05, 0.1) is 12.5 Å². The SMILES string of the molecule is CCCCCC(CCCC)C(=O)OCCOCC. The van der Waals surface area contributed by atoms with Crippen LogP contribution in [-0.2, 0) is 14.3 Å². The lowest BCUT2D eigenvalue weighted by atomic mass is 9.96. The minimum absolute atomic E-state index is 0.0285. The molecule has 18 heavy (non-hydrogen) atoms. The molecule has 0 aliphatic heterocycles. The summed E-state index contributed by atoms with van der Waals surface area (Å²) < 4.78 is 10.4. The summed E-state index contributed by atoms with van der Waals surface area (Å²) in [5.41, 5.74) is 0. The highest BCUT2D eigenvalue weighted by atomic mass is 16.6. The Morgan fingerprint density at radius 3 is 2.22 bits per heavy atom. The van der Waals surface area contributed by atoms with Crippen LogP contribution in [0.2, 0.25) is 0 Å². The summed E-state index contributed by atoms with van der Waals surface area (Å²) in [6.07, 6.45) is 7.71. The second kappa shape index (κ2) is 12.9. The van der Waals surface area contributed by atoms with E-state index in [4.69, 9.17) is 9.47 Å². The highest BCUT2D eigenvalue weighted by Gasteiger charge is 2.18. The van der Waals surface area contributed by atoms with E-state index in [1.165, 1.54) is 12.8 Å².